The molecule has 0 amide bonds. The molecule has 2 rings (SSSR count). The number of rotatable bonds is 5. The molecule has 0 atom stereocenters. The lowest BCUT2D eigenvalue weighted by atomic mass is 9.85. The summed E-state index contributed by atoms with van der Waals surface area (Å²) >= 11 is 0. The van der Waals surface area contributed by atoms with E-state index < -0.39 is 0 Å². The van der Waals surface area contributed by atoms with Gasteiger partial charge in [0.15, 0.2) is 0 Å². The van der Waals surface area contributed by atoms with Crippen LogP contribution in [0, 0.1) is 17.8 Å². The second-order valence-electron chi connectivity index (χ2n) is 6.43. The van der Waals surface area contributed by atoms with Crippen LogP contribution in [0.2, 0.25) is 0 Å². The number of hydrogen-bond donors (Lipinski definition) is 1. The van der Waals surface area contributed by atoms with Crippen LogP contribution in [0.1, 0.15) is 38.8 Å². The van der Waals surface area contributed by atoms with Gasteiger partial charge >= 0.3 is 0 Å². The highest BCUT2D eigenvalue weighted by atomic mass is 14.9. The molecule has 0 saturated carbocycles. The molecule has 0 fully saturated rings. The smallest absolute Gasteiger partial charge is 0.0148 e. The average molecular weight is 245 g/mol. The van der Waals surface area contributed by atoms with Crippen molar-refractivity contribution in [1.29, 1.82) is 0 Å². The Morgan fingerprint density at radius 2 is 1.50 bits per heavy atom. The van der Waals surface area contributed by atoms with Crippen molar-refractivity contribution in [3.63, 3.8) is 0 Å². The summed E-state index contributed by atoms with van der Waals surface area (Å²) in [5.41, 5.74) is 3.08. The van der Waals surface area contributed by atoms with Crippen molar-refractivity contribution in [2.24, 2.45) is 17.8 Å². The van der Waals surface area contributed by atoms with Crippen LogP contribution < -0.4 is 5.32 Å². The maximum atomic E-state index is 3.79. The molecular weight excluding hydrogens is 218 g/mol. The van der Waals surface area contributed by atoms with E-state index >= 15 is 0 Å². The molecule has 1 aliphatic rings. The van der Waals surface area contributed by atoms with Gasteiger partial charge in [0, 0.05) is 6.04 Å². The van der Waals surface area contributed by atoms with Gasteiger partial charge in [-0.2, -0.15) is 0 Å². The summed E-state index contributed by atoms with van der Waals surface area (Å²) in [6.07, 6.45) is 2.41. The van der Waals surface area contributed by atoms with Crippen molar-refractivity contribution in [2.45, 2.75) is 46.6 Å². The zero-order valence-corrected chi connectivity index (χ0v) is 12.2. The molecule has 0 unspecified atom stereocenters. The minimum Gasteiger partial charge on any atom is -0.313 e. The molecule has 0 aliphatic heterocycles. The molecule has 0 heterocycles. The van der Waals surface area contributed by atoms with Crippen LogP contribution in [-0.4, -0.2) is 12.6 Å². The van der Waals surface area contributed by atoms with Crippen LogP contribution in [0.25, 0.3) is 0 Å². The molecule has 1 aromatic rings. The van der Waals surface area contributed by atoms with E-state index in [-0.39, 0.29) is 0 Å². The molecule has 0 aromatic heterocycles. The van der Waals surface area contributed by atoms with Gasteiger partial charge in [-0.05, 0) is 48.3 Å². The van der Waals surface area contributed by atoms with E-state index in [1.54, 1.807) is 11.1 Å². The van der Waals surface area contributed by atoms with Crippen molar-refractivity contribution >= 4 is 0 Å². The molecule has 1 nitrogen and oxygen atoms in total. The van der Waals surface area contributed by atoms with Gasteiger partial charge in [0.1, 0.15) is 0 Å². The molecule has 18 heavy (non-hydrogen) atoms. The van der Waals surface area contributed by atoms with Crippen LogP contribution in [-0.2, 0) is 12.8 Å². The second kappa shape index (κ2) is 5.88. The highest BCUT2D eigenvalue weighted by molar-refractivity contribution is 5.33. The summed E-state index contributed by atoms with van der Waals surface area (Å²) in [5, 5.41) is 3.79. The van der Waals surface area contributed by atoms with Gasteiger partial charge in [-0.25, -0.2) is 0 Å². The third-order valence-corrected chi connectivity index (χ3v) is 4.41. The SMILES string of the molecule is CC(C)C(CNC1Cc2ccccc2C1)C(C)C. The average Bonchev–Trinajstić information content (AvgIpc) is 2.70. The van der Waals surface area contributed by atoms with Gasteiger partial charge < -0.3 is 5.32 Å². The van der Waals surface area contributed by atoms with Crippen molar-refractivity contribution in [3.05, 3.63) is 35.4 Å². The topological polar surface area (TPSA) is 12.0 Å². The Morgan fingerprint density at radius 1 is 1.00 bits per heavy atom. The summed E-state index contributed by atoms with van der Waals surface area (Å²) in [7, 11) is 0. The number of benzene rings is 1. The minimum atomic E-state index is 0.655. The van der Waals surface area contributed by atoms with E-state index in [1.165, 1.54) is 12.8 Å². The van der Waals surface area contributed by atoms with E-state index in [2.05, 4.69) is 57.3 Å². The van der Waals surface area contributed by atoms with E-state index in [0.717, 1.165) is 24.3 Å². The first-order valence-electron chi connectivity index (χ1n) is 7.38. The van der Waals surface area contributed by atoms with Gasteiger partial charge in [0.25, 0.3) is 0 Å². The highest BCUT2D eigenvalue weighted by Gasteiger charge is 2.23. The quantitative estimate of drug-likeness (QED) is 0.834. The lowest BCUT2D eigenvalue weighted by Crippen LogP contribution is -2.37. The van der Waals surface area contributed by atoms with Gasteiger partial charge in [-0.15, -0.1) is 0 Å². The van der Waals surface area contributed by atoms with E-state index in [1.807, 2.05) is 0 Å². The van der Waals surface area contributed by atoms with E-state index in [9.17, 15) is 0 Å². The first kappa shape index (κ1) is 13.6. The van der Waals surface area contributed by atoms with E-state index in [4.69, 9.17) is 0 Å². The molecule has 1 N–H and O–H groups in total. The predicted octanol–water partition coefficient (Wildman–Crippen LogP) is 3.67. The summed E-state index contributed by atoms with van der Waals surface area (Å²) in [6, 6.07) is 9.53. The largest absolute Gasteiger partial charge is 0.313 e. The molecular formula is C17H27N. The first-order chi connectivity index (χ1) is 8.58. The first-order valence-corrected chi connectivity index (χ1v) is 7.38. The monoisotopic (exact) mass is 245 g/mol. The Balaban J connectivity index is 1.86. The fourth-order valence-electron chi connectivity index (χ4n) is 3.25. The number of nitrogens with one attached hydrogen (secondary N) is 1. The molecule has 0 bridgehead atoms. The number of hydrogen-bond acceptors (Lipinski definition) is 1. The normalized spacial score (nSPS) is 15.9. The molecule has 100 valence electrons. The summed E-state index contributed by atoms with van der Waals surface area (Å²) in [6.45, 7) is 10.5. The lowest BCUT2D eigenvalue weighted by Gasteiger charge is -2.27. The van der Waals surface area contributed by atoms with Crippen LogP contribution in [0.5, 0.6) is 0 Å². The van der Waals surface area contributed by atoms with Crippen LogP contribution in [0.4, 0.5) is 0 Å². The van der Waals surface area contributed by atoms with Crippen LogP contribution in [0.3, 0.4) is 0 Å². The van der Waals surface area contributed by atoms with Crippen molar-refractivity contribution in [2.75, 3.05) is 6.54 Å². The molecule has 0 spiro atoms. The highest BCUT2D eigenvalue weighted by Crippen LogP contribution is 2.23. The Hall–Kier alpha value is -0.820. The molecule has 0 saturated heterocycles. The molecule has 1 heteroatoms. The van der Waals surface area contributed by atoms with Crippen molar-refractivity contribution < 1.29 is 0 Å². The van der Waals surface area contributed by atoms with Gasteiger partial charge in [-0.3, -0.25) is 0 Å². The maximum absolute atomic E-state index is 3.79. The number of fused-ring (bicyclic) bond motifs is 1. The zero-order chi connectivity index (χ0) is 13.1. The van der Waals surface area contributed by atoms with Crippen molar-refractivity contribution in [3.8, 4) is 0 Å². The summed E-state index contributed by atoms with van der Waals surface area (Å²) in [4.78, 5) is 0. The third kappa shape index (κ3) is 3.14. The Labute approximate surface area is 112 Å². The summed E-state index contributed by atoms with van der Waals surface area (Å²) < 4.78 is 0. The second-order valence-corrected chi connectivity index (χ2v) is 6.43. The molecule has 1 aromatic carbocycles. The maximum Gasteiger partial charge on any atom is 0.0148 e. The van der Waals surface area contributed by atoms with Crippen LogP contribution in [0.15, 0.2) is 24.3 Å². The zero-order valence-electron chi connectivity index (χ0n) is 12.2. The fourth-order valence-corrected chi connectivity index (χ4v) is 3.25. The van der Waals surface area contributed by atoms with Gasteiger partial charge in [0.2, 0.25) is 0 Å². The lowest BCUT2D eigenvalue weighted by molar-refractivity contribution is 0.266. The molecule has 1 aliphatic carbocycles. The fraction of sp³-hybridized carbons (Fsp3) is 0.647. The third-order valence-electron chi connectivity index (χ3n) is 4.41. The predicted molar refractivity (Wildman–Crippen MR) is 78.8 cm³/mol. The minimum absolute atomic E-state index is 0.655. The standard InChI is InChI=1S/C17H27N/c1-12(2)17(13(3)4)11-18-16-9-14-7-5-6-8-15(14)10-16/h5-8,12-13,16-18H,9-11H2,1-4H3. The van der Waals surface area contributed by atoms with Gasteiger partial charge in [0.05, 0.1) is 0 Å². The Morgan fingerprint density at radius 3 is 1.94 bits per heavy atom. The Kier molecular flexibility index (Phi) is 4.45. The van der Waals surface area contributed by atoms with Crippen LogP contribution >= 0.6 is 0 Å². The Bertz CT molecular complexity index is 348. The van der Waals surface area contributed by atoms with Gasteiger partial charge in [-0.1, -0.05) is 52.0 Å². The van der Waals surface area contributed by atoms with E-state index in [0.29, 0.717) is 6.04 Å². The van der Waals surface area contributed by atoms with Crippen molar-refractivity contribution in [1.82, 2.24) is 5.32 Å². The summed E-state index contributed by atoms with van der Waals surface area (Å²) in [5.74, 6) is 2.32. The molecule has 0 radical (unpaired) electrons.